The van der Waals surface area contributed by atoms with E-state index < -0.39 is 38.4 Å². The van der Waals surface area contributed by atoms with Crippen molar-refractivity contribution in [2.24, 2.45) is 0 Å². The van der Waals surface area contributed by atoms with Crippen molar-refractivity contribution in [3.05, 3.63) is 0 Å². The molecule has 0 amide bonds. The van der Waals surface area contributed by atoms with E-state index in [1.165, 1.54) is 0 Å². The molecule has 9 heteroatoms. The normalized spacial score (nSPS) is 13.9. The number of hydrogen-bond donors (Lipinski definition) is 4. The molecular weight excluding hydrogens is 229 g/mol. The molecule has 0 aliphatic rings. The van der Waals surface area contributed by atoms with Crippen LogP contribution in [0, 0.1) is 0 Å². The fourth-order valence-electron chi connectivity index (χ4n) is 0.880. The fourth-order valence-corrected chi connectivity index (χ4v) is 1.47. The lowest BCUT2D eigenvalue weighted by Gasteiger charge is -2.25. The number of carboxylic acid groups (broad SMARTS) is 2. The summed E-state index contributed by atoms with van der Waals surface area (Å²) in [5.41, 5.74) is 0. The van der Waals surface area contributed by atoms with Gasteiger partial charge < -0.3 is 20.0 Å². The minimum Gasteiger partial charge on any atom is -0.480 e. The van der Waals surface area contributed by atoms with E-state index in [1.54, 1.807) is 0 Å². The van der Waals surface area contributed by atoms with Crippen molar-refractivity contribution < 1.29 is 34.2 Å². The van der Waals surface area contributed by atoms with E-state index in [-0.39, 0.29) is 0 Å². The molecule has 0 aliphatic carbocycles. The molecule has 15 heavy (non-hydrogen) atoms. The summed E-state index contributed by atoms with van der Waals surface area (Å²) in [5.74, 6) is -4.14. The summed E-state index contributed by atoms with van der Waals surface area (Å²) in [6, 6.07) is 0. The van der Waals surface area contributed by atoms with Gasteiger partial charge in [0.1, 0.15) is 5.78 Å². The standard InChI is InChI=1S/C6H12NO7P/c1-4(15(12,13)14)7(2-5(8)9)3-6(10)11/h4H,2-3H2,1H3,(H,8,9)(H,10,11)(H2,12,13,14). The lowest BCUT2D eigenvalue weighted by molar-refractivity contribution is -0.142. The van der Waals surface area contributed by atoms with E-state index in [0.29, 0.717) is 4.90 Å². The lowest BCUT2D eigenvalue weighted by atomic mass is 10.4. The Hall–Kier alpha value is -0.950. The predicted molar refractivity (Wildman–Crippen MR) is 48.4 cm³/mol. The predicted octanol–water partition coefficient (Wildman–Crippen LogP) is -1.02. The third-order valence-electron chi connectivity index (χ3n) is 1.69. The van der Waals surface area contributed by atoms with Gasteiger partial charge in [0.05, 0.1) is 13.1 Å². The largest absolute Gasteiger partial charge is 0.480 e. The first-order chi connectivity index (χ1) is 6.64. The van der Waals surface area contributed by atoms with Crippen molar-refractivity contribution in [2.45, 2.75) is 12.7 Å². The van der Waals surface area contributed by atoms with Crippen LogP contribution in [0.2, 0.25) is 0 Å². The van der Waals surface area contributed by atoms with Gasteiger partial charge in [-0.25, -0.2) is 0 Å². The highest BCUT2D eigenvalue weighted by molar-refractivity contribution is 7.52. The molecule has 0 aromatic heterocycles. The molecule has 0 saturated heterocycles. The summed E-state index contributed by atoms with van der Waals surface area (Å²) in [7, 11) is -4.53. The van der Waals surface area contributed by atoms with Crippen molar-refractivity contribution in [3.8, 4) is 0 Å². The molecule has 0 bridgehead atoms. The van der Waals surface area contributed by atoms with Crippen LogP contribution in [0.25, 0.3) is 0 Å². The molecule has 0 saturated carbocycles. The highest BCUT2D eigenvalue weighted by Crippen LogP contribution is 2.42. The molecular formula is C6H12NO7P. The maximum Gasteiger partial charge on any atom is 0.342 e. The van der Waals surface area contributed by atoms with E-state index >= 15 is 0 Å². The first-order valence-corrected chi connectivity index (χ1v) is 5.55. The molecule has 0 aliphatic heterocycles. The van der Waals surface area contributed by atoms with Crippen LogP contribution in [0.1, 0.15) is 6.92 Å². The molecule has 0 aromatic carbocycles. The van der Waals surface area contributed by atoms with Crippen LogP contribution in [0.5, 0.6) is 0 Å². The molecule has 8 nitrogen and oxygen atoms in total. The highest BCUT2D eigenvalue weighted by atomic mass is 31.2. The van der Waals surface area contributed by atoms with Crippen molar-refractivity contribution in [3.63, 3.8) is 0 Å². The number of nitrogens with zero attached hydrogens (tertiary/aromatic N) is 1. The SMILES string of the molecule is CC(N(CC(=O)O)CC(=O)O)P(=O)(O)O. The Kier molecular flexibility index (Phi) is 4.89. The molecule has 0 aromatic rings. The number of carbonyl (C=O) groups is 2. The van der Waals surface area contributed by atoms with Crippen molar-refractivity contribution >= 4 is 19.5 Å². The minimum atomic E-state index is -4.53. The zero-order chi connectivity index (χ0) is 12.2. The van der Waals surface area contributed by atoms with Gasteiger partial charge in [-0.1, -0.05) is 0 Å². The average molecular weight is 241 g/mol. The van der Waals surface area contributed by atoms with Crippen molar-refractivity contribution in [1.82, 2.24) is 4.90 Å². The van der Waals surface area contributed by atoms with Crippen LogP contribution >= 0.6 is 7.60 Å². The summed E-state index contributed by atoms with van der Waals surface area (Å²) >= 11 is 0. The van der Waals surface area contributed by atoms with Gasteiger partial charge in [-0.05, 0) is 6.92 Å². The lowest BCUT2D eigenvalue weighted by Crippen LogP contribution is -2.40. The summed E-state index contributed by atoms with van der Waals surface area (Å²) < 4.78 is 10.8. The van der Waals surface area contributed by atoms with E-state index in [2.05, 4.69) is 0 Å². The summed E-state index contributed by atoms with van der Waals surface area (Å²) in [6.07, 6.45) is 0. The van der Waals surface area contributed by atoms with Crippen LogP contribution in [0.15, 0.2) is 0 Å². The molecule has 0 heterocycles. The zero-order valence-corrected chi connectivity index (χ0v) is 8.79. The first-order valence-electron chi connectivity index (χ1n) is 3.87. The quantitative estimate of drug-likeness (QED) is 0.434. The Morgan fingerprint density at radius 1 is 1.20 bits per heavy atom. The van der Waals surface area contributed by atoms with Crippen LogP contribution < -0.4 is 0 Å². The Balaban J connectivity index is 4.69. The molecule has 1 atom stereocenters. The van der Waals surface area contributed by atoms with E-state index in [9.17, 15) is 14.2 Å². The molecule has 88 valence electrons. The molecule has 0 fully saturated rings. The number of rotatable bonds is 6. The third-order valence-corrected chi connectivity index (χ3v) is 2.99. The minimum absolute atomic E-state index is 0.686. The van der Waals surface area contributed by atoms with Gasteiger partial charge in [-0.3, -0.25) is 19.1 Å². The summed E-state index contributed by atoms with van der Waals surface area (Å²) in [6.45, 7) is -0.399. The van der Waals surface area contributed by atoms with Gasteiger partial charge in [-0.2, -0.15) is 0 Å². The number of carboxylic acids is 2. The third kappa shape index (κ3) is 5.48. The van der Waals surface area contributed by atoms with Gasteiger partial charge >= 0.3 is 19.5 Å². The zero-order valence-electron chi connectivity index (χ0n) is 7.90. The fraction of sp³-hybridized carbons (Fsp3) is 0.667. The van der Waals surface area contributed by atoms with Gasteiger partial charge in [0.15, 0.2) is 0 Å². The Morgan fingerprint density at radius 3 is 1.73 bits per heavy atom. The summed E-state index contributed by atoms with van der Waals surface area (Å²) in [4.78, 5) is 38.9. The monoisotopic (exact) mass is 241 g/mol. The van der Waals surface area contributed by atoms with E-state index in [4.69, 9.17) is 20.0 Å². The van der Waals surface area contributed by atoms with E-state index in [0.717, 1.165) is 6.92 Å². The average Bonchev–Trinajstić information content (AvgIpc) is 1.98. The maximum absolute atomic E-state index is 10.8. The molecule has 0 rings (SSSR count). The molecule has 0 radical (unpaired) electrons. The van der Waals surface area contributed by atoms with Crippen LogP contribution in [0.4, 0.5) is 0 Å². The summed E-state index contributed by atoms with van der Waals surface area (Å²) in [5, 5.41) is 16.8. The Morgan fingerprint density at radius 2 is 1.53 bits per heavy atom. The molecule has 0 spiro atoms. The highest BCUT2D eigenvalue weighted by Gasteiger charge is 2.32. The maximum atomic E-state index is 10.8. The smallest absolute Gasteiger partial charge is 0.342 e. The molecule has 4 N–H and O–H groups in total. The van der Waals surface area contributed by atoms with Crippen molar-refractivity contribution in [1.29, 1.82) is 0 Å². The van der Waals surface area contributed by atoms with Gasteiger partial charge in [-0.15, -0.1) is 0 Å². The van der Waals surface area contributed by atoms with Crippen LogP contribution in [-0.4, -0.2) is 55.7 Å². The van der Waals surface area contributed by atoms with Crippen molar-refractivity contribution in [2.75, 3.05) is 13.1 Å². The van der Waals surface area contributed by atoms with Crippen LogP contribution in [-0.2, 0) is 14.2 Å². The second-order valence-corrected chi connectivity index (χ2v) is 4.84. The van der Waals surface area contributed by atoms with Crippen LogP contribution in [0.3, 0.4) is 0 Å². The van der Waals surface area contributed by atoms with Gasteiger partial charge in [0.25, 0.3) is 0 Å². The second kappa shape index (κ2) is 5.22. The number of hydrogen-bond acceptors (Lipinski definition) is 4. The van der Waals surface area contributed by atoms with Gasteiger partial charge in [0.2, 0.25) is 0 Å². The Labute approximate surface area is 85.3 Å². The van der Waals surface area contributed by atoms with E-state index in [1.807, 2.05) is 0 Å². The van der Waals surface area contributed by atoms with Gasteiger partial charge in [0, 0.05) is 0 Å². The first kappa shape index (κ1) is 14.1. The topological polar surface area (TPSA) is 135 Å². The Bertz CT molecular complexity index is 282. The molecule has 1 unspecified atom stereocenters. The number of aliphatic carboxylic acids is 2. The second-order valence-electron chi connectivity index (χ2n) is 2.91.